The lowest BCUT2D eigenvalue weighted by molar-refractivity contribution is -0.134. The number of carbonyl (C=O) groups is 1. The highest BCUT2D eigenvalue weighted by atomic mass is 35.5. The summed E-state index contributed by atoms with van der Waals surface area (Å²) in [4.78, 5) is 12.3. The molecule has 0 radical (unpaired) electrons. The van der Waals surface area contributed by atoms with E-state index in [1.807, 2.05) is 0 Å². The third-order valence-corrected chi connectivity index (χ3v) is 3.87. The Labute approximate surface area is 134 Å². The van der Waals surface area contributed by atoms with E-state index >= 15 is 0 Å². The molecule has 0 saturated carbocycles. The van der Waals surface area contributed by atoms with Crippen LogP contribution in [0.15, 0.2) is 18.2 Å². The van der Waals surface area contributed by atoms with Gasteiger partial charge in [-0.15, -0.1) is 0 Å². The molecule has 0 aliphatic carbocycles. The van der Waals surface area contributed by atoms with Gasteiger partial charge in [0.2, 0.25) is 0 Å². The van der Waals surface area contributed by atoms with Crippen molar-refractivity contribution in [2.45, 2.75) is 38.4 Å². The Balaban J connectivity index is 1.96. The molecule has 4 nitrogen and oxygen atoms in total. The molecule has 1 heterocycles. The Kier molecular flexibility index (Phi) is 5.36. The predicted octanol–water partition coefficient (Wildman–Crippen LogP) is 3.45. The van der Waals surface area contributed by atoms with E-state index < -0.39 is 5.60 Å². The summed E-state index contributed by atoms with van der Waals surface area (Å²) in [7, 11) is 0. The fourth-order valence-corrected chi connectivity index (χ4v) is 2.42. The Morgan fingerprint density at radius 1 is 1.48 bits per heavy atom. The average molecular weight is 332 g/mol. The van der Waals surface area contributed by atoms with Gasteiger partial charge in [-0.1, -0.05) is 23.2 Å². The molecule has 1 aliphatic heterocycles. The van der Waals surface area contributed by atoms with Crippen molar-refractivity contribution in [3.8, 4) is 5.75 Å². The summed E-state index contributed by atoms with van der Waals surface area (Å²) in [5, 5.41) is 3.77. The Morgan fingerprint density at radius 3 is 2.90 bits per heavy atom. The lowest BCUT2D eigenvalue weighted by Gasteiger charge is -2.26. The molecule has 21 heavy (non-hydrogen) atoms. The number of hydrogen-bond donors (Lipinski definition) is 1. The predicted molar refractivity (Wildman–Crippen MR) is 83.2 cm³/mol. The Morgan fingerprint density at radius 2 is 2.24 bits per heavy atom. The molecular formula is C15H19Cl2NO3. The van der Waals surface area contributed by atoms with Gasteiger partial charge >= 0.3 is 0 Å². The maximum atomic E-state index is 12.3. The molecule has 6 heteroatoms. The van der Waals surface area contributed by atoms with Crippen LogP contribution in [-0.2, 0) is 9.53 Å². The number of carbonyl (C=O) groups excluding carboxylic acids is 1. The second-order valence-electron chi connectivity index (χ2n) is 5.53. The quantitative estimate of drug-likeness (QED) is 0.898. The van der Waals surface area contributed by atoms with Gasteiger partial charge in [-0.25, -0.2) is 0 Å². The summed E-state index contributed by atoms with van der Waals surface area (Å²) in [6.07, 6.45) is 2.11. The Hall–Kier alpha value is -0.970. The highest BCUT2D eigenvalue weighted by molar-refractivity contribution is 6.34. The SMILES string of the molecule is CC(C)(Oc1cc(Cl)ccc1Cl)C(=O)NC[C@H]1CCCO1. The molecule has 0 unspecified atom stereocenters. The molecule has 1 amide bonds. The van der Waals surface area contributed by atoms with E-state index in [-0.39, 0.29) is 12.0 Å². The van der Waals surface area contributed by atoms with Crippen molar-refractivity contribution in [1.29, 1.82) is 0 Å². The first-order valence-corrected chi connectivity index (χ1v) is 7.68. The van der Waals surface area contributed by atoms with Crippen molar-refractivity contribution < 1.29 is 14.3 Å². The third kappa shape index (κ3) is 4.50. The van der Waals surface area contributed by atoms with Crippen LogP contribution < -0.4 is 10.1 Å². The van der Waals surface area contributed by atoms with Gasteiger partial charge in [0.15, 0.2) is 5.60 Å². The minimum absolute atomic E-state index is 0.0968. The first kappa shape index (κ1) is 16.4. The zero-order valence-corrected chi connectivity index (χ0v) is 13.6. The normalized spacial score (nSPS) is 18.6. The molecule has 1 aliphatic rings. The largest absolute Gasteiger partial charge is 0.476 e. The van der Waals surface area contributed by atoms with Crippen molar-refractivity contribution in [1.82, 2.24) is 5.32 Å². The van der Waals surface area contributed by atoms with E-state index in [1.165, 1.54) is 0 Å². The molecule has 0 bridgehead atoms. The van der Waals surface area contributed by atoms with Crippen LogP contribution in [0.5, 0.6) is 5.75 Å². The van der Waals surface area contributed by atoms with E-state index in [9.17, 15) is 4.79 Å². The Bertz CT molecular complexity index is 514. The molecule has 1 fully saturated rings. The van der Waals surface area contributed by atoms with Gasteiger partial charge in [0.05, 0.1) is 11.1 Å². The maximum absolute atomic E-state index is 12.3. The monoisotopic (exact) mass is 331 g/mol. The number of ether oxygens (including phenoxy) is 2. The van der Waals surface area contributed by atoms with Gasteiger partial charge < -0.3 is 14.8 Å². The van der Waals surface area contributed by atoms with E-state index in [1.54, 1.807) is 32.0 Å². The van der Waals surface area contributed by atoms with Crippen LogP contribution in [0.2, 0.25) is 10.0 Å². The fourth-order valence-electron chi connectivity index (χ4n) is 2.10. The topological polar surface area (TPSA) is 47.6 Å². The number of amides is 1. The molecule has 0 aromatic heterocycles. The summed E-state index contributed by atoms with van der Waals surface area (Å²) in [5.74, 6) is 0.176. The molecular weight excluding hydrogens is 313 g/mol. The third-order valence-electron chi connectivity index (χ3n) is 3.32. The molecule has 0 spiro atoms. The smallest absolute Gasteiger partial charge is 0.263 e. The maximum Gasteiger partial charge on any atom is 0.263 e. The lowest BCUT2D eigenvalue weighted by Crippen LogP contribution is -2.48. The summed E-state index contributed by atoms with van der Waals surface area (Å²) >= 11 is 12.0. The molecule has 116 valence electrons. The van der Waals surface area contributed by atoms with Crippen LogP contribution in [-0.4, -0.2) is 30.8 Å². The van der Waals surface area contributed by atoms with Crippen molar-refractivity contribution in [2.75, 3.05) is 13.2 Å². The summed E-state index contributed by atoms with van der Waals surface area (Å²) in [5.41, 5.74) is -1.05. The van der Waals surface area contributed by atoms with Crippen LogP contribution >= 0.6 is 23.2 Å². The van der Waals surface area contributed by atoms with Crippen molar-refractivity contribution in [3.05, 3.63) is 28.2 Å². The number of benzene rings is 1. The van der Waals surface area contributed by atoms with E-state index in [2.05, 4.69) is 5.32 Å². The second kappa shape index (κ2) is 6.86. The number of nitrogens with one attached hydrogen (secondary N) is 1. The number of rotatable bonds is 5. The molecule has 2 rings (SSSR count). The van der Waals surface area contributed by atoms with E-state index in [4.69, 9.17) is 32.7 Å². The zero-order chi connectivity index (χ0) is 15.5. The van der Waals surface area contributed by atoms with Crippen LogP contribution in [0.25, 0.3) is 0 Å². The standard InChI is InChI=1S/C15H19Cl2NO3/c1-15(2,14(19)18-9-11-4-3-7-20-11)21-13-8-10(16)5-6-12(13)17/h5-6,8,11H,3-4,7,9H2,1-2H3,(H,18,19)/t11-/m1/s1. The van der Waals surface area contributed by atoms with Gasteiger partial charge in [0.1, 0.15) is 5.75 Å². The highest BCUT2D eigenvalue weighted by Gasteiger charge is 2.31. The van der Waals surface area contributed by atoms with Crippen LogP contribution in [0, 0.1) is 0 Å². The van der Waals surface area contributed by atoms with Gasteiger partial charge in [-0.2, -0.15) is 0 Å². The second-order valence-corrected chi connectivity index (χ2v) is 6.38. The molecule has 1 aromatic rings. The van der Waals surface area contributed by atoms with Crippen LogP contribution in [0.4, 0.5) is 0 Å². The van der Waals surface area contributed by atoms with Crippen molar-refractivity contribution >= 4 is 29.1 Å². The average Bonchev–Trinajstić information content (AvgIpc) is 2.93. The van der Waals surface area contributed by atoms with Crippen molar-refractivity contribution in [2.24, 2.45) is 0 Å². The fraction of sp³-hybridized carbons (Fsp3) is 0.533. The zero-order valence-electron chi connectivity index (χ0n) is 12.1. The molecule has 1 aromatic carbocycles. The number of hydrogen-bond acceptors (Lipinski definition) is 3. The summed E-state index contributed by atoms with van der Waals surface area (Å²) in [6, 6.07) is 4.90. The first-order valence-electron chi connectivity index (χ1n) is 6.92. The summed E-state index contributed by atoms with van der Waals surface area (Å²) < 4.78 is 11.2. The van der Waals surface area contributed by atoms with Crippen molar-refractivity contribution in [3.63, 3.8) is 0 Å². The lowest BCUT2D eigenvalue weighted by atomic mass is 10.1. The van der Waals surface area contributed by atoms with Gasteiger partial charge in [-0.05, 0) is 38.8 Å². The minimum Gasteiger partial charge on any atom is -0.476 e. The van der Waals surface area contributed by atoms with Gasteiger partial charge in [0, 0.05) is 24.2 Å². The molecule has 1 saturated heterocycles. The summed E-state index contributed by atoms with van der Waals surface area (Å²) in [6.45, 7) is 4.64. The van der Waals surface area contributed by atoms with Crippen LogP contribution in [0.3, 0.4) is 0 Å². The van der Waals surface area contributed by atoms with E-state index in [0.29, 0.717) is 22.3 Å². The van der Waals surface area contributed by atoms with Gasteiger partial charge in [0.25, 0.3) is 5.91 Å². The first-order chi connectivity index (χ1) is 9.88. The molecule has 1 atom stereocenters. The van der Waals surface area contributed by atoms with Gasteiger partial charge in [-0.3, -0.25) is 4.79 Å². The minimum atomic E-state index is -1.05. The molecule has 1 N–H and O–H groups in total. The highest BCUT2D eigenvalue weighted by Crippen LogP contribution is 2.30. The van der Waals surface area contributed by atoms with Crippen LogP contribution in [0.1, 0.15) is 26.7 Å². The van der Waals surface area contributed by atoms with E-state index in [0.717, 1.165) is 19.4 Å². The number of halogens is 2.